The van der Waals surface area contributed by atoms with E-state index in [1.54, 1.807) is 0 Å². The van der Waals surface area contributed by atoms with Crippen molar-refractivity contribution in [3.8, 4) is 0 Å². The van der Waals surface area contributed by atoms with E-state index in [4.69, 9.17) is 9.47 Å². The van der Waals surface area contributed by atoms with Crippen LogP contribution in [0.5, 0.6) is 0 Å². The molecule has 6 rings (SSSR count). The Bertz CT molecular complexity index is 1230. The molecule has 2 amide bonds. The Hall–Kier alpha value is -2.20. The third kappa shape index (κ3) is 7.38. The molecule has 4 aliphatic carbocycles. The van der Waals surface area contributed by atoms with Gasteiger partial charge in [0.1, 0.15) is 11.8 Å². The van der Waals surface area contributed by atoms with Crippen LogP contribution >= 0.6 is 0 Å². The second-order valence-electron chi connectivity index (χ2n) is 17.8. The molecule has 11 atom stereocenters. The van der Waals surface area contributed by atoms with Gasteiger partial charge < -0.3 is 29.9 Å². The fourth-order valence-electron chi connectivity index (χ4n) is 10.3. The summed E-state index contributed by atoms with van der Waals surface area (Å²) < 4.78 is 29.2. The molecule has 9 nitrogen and oxygen atoms in total. The lowest BCUT2D eigenvalue weighted by Crippen LogP contribution is -2.71. The third-order valence-electron chi connectivity index (χ3n) is 12.0. The number of hydrogen-bond donors (Lipinski definition) is 2. The summed E-state index contributed by atoms with van der Waals surface area (Å²) >= 11 is 0. The molecule has 2 heterocycles. The van der Waals surface area contributed by atoms with Crippen LogP contribution < -0.4 is 10.6 Å². The van der Waals surface area contributed by atoms with Crippen LogP contribution in [0.4, 0.5) is 9.18 Å². The smallest absolute Gasteiger partial charge is 0.407 e. The highest BCUT2D eigenvalue weighted by Gasteiger charge is 2.61. The first-order valence-electron chi connectivity index (χ1n) is 18.4. The van der Waals surface area contributed by atoms with Crippen LogP contribution in [0.25, 0.3) is 0 Å². The number of nitrogens with one attached hydrogen (secondary N) is 2. The maximum atomic E-state index is 16.6. The van der Waals surface area contributed by atoms with Gasteiger partial charge in [-0.3, -0.25) is 9.59 Å². The lowest BCUT2D eigenvalue weighted by atomic mass is 9.62. The van der Waals surface area contributed by atoms with Gasteiger partial charge in [-0.05, 0) is 96.6 Å². The Balaban J connectivity index is 1.26. The van der Waals surface area contributed by atoms with E-state index in [0.29, 0.717) is 24.8 Å². The molecule has 0 bridgehead atoms. The second kappa shape index (κ2) is 13.3. The predicted octanol–water partition coefficient (Wildman–Crippen LogP) is 5.23. The Kier molecular flexibility index (Phi) is 9.77. The summed E-state index contributed by atoms with van der Waals surface area (Å²) in [4.78, 5) is 44.8. The fraction of sp³-hybridized carbons (Fsp3) is 0.865. The number of rotatable bonds is 7. The predicted molar refractivity (Wildman–Crippen MR) is 178 cm³/mol. The SMILES string of the molecule is CN(C)CC(C)(C)CNC(=O)C1=CN2C3CC4CCCCC4CC3OC3C(C4CCC(NC(=O)OC(C)(C)C)C4)C(F)CC(C1=O)C32. The monoisotopic (exact) mass is 658 g/mol. The molecular weight excluding hydrogens is 599 g/mol. The number of ether oxygens (including phenoxy) is 2. The first-order chi connectivity index (χ1) is 22.1. The highest BCUT2D eigenvalue weighted by molar-refractivity contribution is 6.20. The molecule has 6 aliphatic rings. The number of amides is 2. The van der Waals surface area contributed by atoms with Gasteiger partial charge in [0.2, 0.25) is 0 Å². The van der Waals surface area contributed by atoms with Crippen molar-refractivity contribution in [3.63, 3.8) is 0 Å². The normalized spacial score (nSPS) is 38.6. The number of halogens is 1. The summed E-state index contributed by atoms with van der Waals surface area (Å²) in [6.45, 7) is 11.0. The molecule has 4 saturated carbocycles. The Labute approximate surface area is 281 Å². The van der Waals surface area contributed by atoms with Crippen LogP contribution in [0, 0.1) is 35.0 Å². The van der Waals surface area contributed by atoms with Crippen LogP contribution in [-0.2, 0) is 19.1 Å². The summed E-state index contributed by atoms with van der Waals surface area (Å²) in [5.74, 6) is -0.303. The average molecular weight is 659 g/mol. The third-order valence-corrected chi connectivity index (χ3v) is 12.0. The summed E-state index contributed by atoms with van der Waals surface area (Å²) in [6, 6.07) is -0.272. The number of nitrogens with zero attached hydrogens (tertiary/aromatic N) is 2. The number of Topliss-reactive ketones (excluding diaryl/α,β-unsaturated/α-hetero) is 1. The van der Waals surface area contributed by atoms with Gasteiger partial charge in [-0.1, -0.05) is 39.5 Å². The quantitative estimate of drug-likeness (QED) is 0.362. The molecule has 47 heavy (non-hydrogen) atoms. The van der Waals surface area contributed by atoms with Gasteiger partial charge >= 0.3 is 6.09 Å². The van der Waals surface area contributed by atoms with Crippen LogP contribution in [0.15, 0.2) is 11.8 Å². The molecule has 0 spiro atoms. The van der Waals surface area contributed by atoms with Gasteiger partial charge in [0, 0.05) is 37.2 Å². The van der Waals surface area contributed by atoms with E-state index in [0.717, 1.165) is 32.2 Å². The Morgan fingerprint density at radius 3 is 2.38 bits per heavy atom. The van der Waals surface area contributed by atoms with Crippen molar-refractivity contribution in [3.05, 3.63) is 11.8 Å². The Morgan fingerprint density at radius 2 is 1.70 bits per heavy atom. The van der Waals surface area contributed by atoms with E-state index in [1.165, 1.54) is 25.7 Å². The number of alkyl halides is 1. The zero-order valence-electron chi connectivity index (χ0n) is 29.7. The maximum Gasteiger partial charge on any atom is 0.407 e. The number of carbonyl (C=O) groups excluding carboxylic acids is 3. The van der Waals surface area contributed by atoms with Gasteiger partial charge in [-0.25, -0.2) is 9.18 Å². The summed E-state index contributed by atoms with van der Waals surface area (Å²) in [5, 5.41) is 6.08. The van der Waals surface area contributed by atoms with Crippen LogP contribution in [0.1, 0.15) is 98.8 Å². The maximum absolute atomic E-state index is 16.6. The van der Waals surface area contributed by atoms with Crippen molar-refractivity contribution < 1.29 is 28.2 Å². The van der Waals surface area contributed by atoms with Crippen LogP contribution in [0.3, 0.4) is 0 Å². The van der Waals surface area contributed by atoms with Crippen molar-refractivity contribution >= 4 is 17.8 Å². The minimum atomic E-state index is -1.22. The number of carbonyl (C=O) groups is 3. The first-order valence-corrected chi connectivity index (χ1v) is 18.4. The van der Waals surface area contributed by atoms with Gasteiger partial charge in [0.15, 0.2) is 5.78 Å². The van der Waals surface area contributed by atoms with Crippen LogP contribution in [-0.4, -0.2) is 96.9 Å². The number of alkyl carbamates (subject to hydrolysis) is 1. The number of morpholine rings is 1. The van der Waals surface area contributed by atoms with Crippen molar-refractivity contribution in [1.29, 1.82) is 0 Å². The molecule has 5 fully saturated rings. The number of fused-ring (bicyclic) bond motifs is 3. The molecule has 2 aliphatic heterocycles. The standard InChI is InChI=1S/C37H59FN4O5/c1-36(2,3)47-35(45)40-24-13-12-23(14-24)30-27(38)17-25-31-33(30)46-29-16-22-11-9-8-10-21(22)15-28(29)42(31)18-26(32(25)43)34(44)39-19-37(4,5)20-41(6)7/h18,21-25,27-31,33H,8-17,19-20H2,1-7H3,(H,39,44)(H,40,45). The summed E-state index contributed by atoms with van der Waals surface area (Å²) in [5.41, 5.74) is -0.587. The van der Waals surface area contributed by atoms with Gasteiger partial charge in [0.25, 0.3) is 5.91 Å². The molecule has 264 valence electrons. The number of ketones is 1. The van der Waals surface area contributed by atoms with Gasteiger partial charge in [-0.15, -0.1) is 0 Å². The molecule has 0 aromatic heterocycles. The lowest BCUT2D eigenvalue weighted by Gasteiger charge is -2.61. The molecule has 1 saturated heterocycles. The van der Waals surface area contributed by atoms with Crippen molar-refractivity contribution in [2.24, 2.45) is 35.0 Å². The summed E-state index contributed by atoms with van der Waals surface area (Å²) in [6.07, 6.45) is 8.94. The minimum Gasteiger partial charge on any atom is -0.444 e. The molecule has 11 unspecified atom stereocenters. The van der Waals surface area contributed by atoms with Crippen molar-refractivity contribution in [1.82, 2.24) is 20.4 Å². The highest BCUT2D eigenvalue weighted by Crippen LogP contribution is 2.53. The fourth-order valence-corrected chi connectivity index (χ4v) is 10.3. The molecule has 0 aromatic rings. The largest absolute Gasteiger partial charge is 0.444 e. The van der Waals surface area contributed by atoms with Crippen molar-refractivity contribution in [2.75, 3.05) is 27.2 Å². The van der Waals surface area contributed by atoms with E-state index in [2.05, 4.69) is 34.3 Å². The first kappa shape index (κ1) is 34.7. The van der Waals surface area contributed by atoms with E-state index < -0.39 is 29.9 Å². The van der Waals surface area contributed by atoms with Crippen molar-refractivity contribution in [2.45, 2.75) is 141 Å². The topological polar surface area (TPSA) is 100 Å². The van der Waals surface area contributed by atoms with E-state index in [9.17, 15) is 14.4 Å². The molecular formula is C37H59FN4O5. The molecule has 0 radical (unpaired) electrons. The Morgan fingerprint density at radius 1 is 1.00 bits per heavy atom. The molecule has 2 N–H and O–H groups in total. The zero-order chi connectivity index (χ0) is 33.8. The van der Waals surface area contributed by atoms with E-state index >= 15 is 4.39 Å². The lowest BCUT2D eigenvalue weighted by molar-refractivity contribution is -0.224. The van der Waals surface area contributed by atoms with E-state index in [1.807, 2.05) is 41.1 Å². The highest BCUT2D eigenvalue weighted by atomic mass is 19.1. The molecule has 0 aromatic carbocycles. The average Bonchev–Trinajstić information content (AvgIpc) is 3.42. The van der Waals surface area contributed by atoms with E-state index in [-0.39, 0.29) is 65.2 Å². The van der Waals surface area contributed by atoms with Gasteiger partial charge in [0.05, 0.1) is 29.9 Å². The molecule has 10 heteroatoms. The number of hydrogen-bond acceptors (Lipinski definition) is 7. The summed E-state index contributed by atoms with van der Waals surface area (Å²) in [7, 11) is 4.02. The second-order valence-corrected chi connectivity index (χ2v) is 17.8. The van der Waals surface area contributed by atoms with Crippen LogP contribution in [0.2, 0.25) is 0 Å². The zero-order valence-corrected chi connectivity index (χ0v) is 29.7. The van der Waals surface area contributed by atoms with Gasteiger partial charge in [-0.2, -0.15) is 0 Å². The minimum absolute atomic E-state index is 0.0306.